The van der Waals surface area contributed by atoms with Crippen molar-refractivity contribution in [3.8, 4) is 0 Å². The molecule has 0 aliphatic heterocycles. The average Bonchev–Trinajstić information content (AvgIpc) is 2.61. The first-order chi connectivity index (χ1) is 7.22. The van der Waals surface area contributed by atoms with E-state index >= 15 is 0 Å². The van der Waals surface area contributed by atoms with E-state index in [-0.39, 0.29) is 13.2 Å². The van der Waals surface area contributed by atoms with Gasteiger partial charge in [-0.05, 0) is 12.0 Å². The molecule has 0 radical (unpaired) electrons. The first kappa shape index (κ1) is 11.5. The summed E-state index contributed by atoms with van der Waals surface area (Å²) in [5.41, 5.74) is 1.06. The maximum absolute atomic E-state index is 10.9. The highest BCUT2D eigenvalue weighted by atomic mass is 16.6. The number of aliphatic hydroxyl groups excluding tert-OH is 1. The molecule has 1 amide bonds. The predicted octanol–water partition coefficient (Wildman–Crippen LogP) is -0.319. The van der Waals surface area contributed by atoms with Crippen molar-refractivity contribution in [2.24, 2.45) is 7.05 Å². The molecule has 1 heterocycles. The molecule has 0 saturated carbocycles. The summed E-state index contributed by atoms with van der Waals surface area (Å²) in [6, 6.07) is 0. The molecule has 6 nitrogen and oxygen atoms in total. The Morgan fingerprint density at radius 1 is 1.73 bits per heavy atom. The fraction of sp³-hybridized carbons (Fsp3) is 0.556. The number of aromatic nitrogens is 2. The van der Waals surface area contributed by atoms with Crippen LogP contribution in [0.2, 0.25) is 0 Å². The number of ether oxygens (including phenoxy) is 1. The summed E-state index contributed by atoms with van der Waals surface area (Å²) < 4.78 is 6.32. The number of alkyl carbamates (subject to hydrolysis) is 1. The van der Waals surface area contributed by atoms with Crippen LogP contribution in [0.3, 0.4) is 0 Å². The first-order valence-corrected chi connectivity index (χ1v) is 4.71. The number of carbonyl (C=O) groups is 1. The summed E-state index contributed by atoms with van der Waals surface area (Å²) in [4.78, 5) is 10.9. The summed E-state index contributed by atoms with van der Waals surface area (Å²) in [6.45, 7) is 0.366. The molecule has 0 aromatic carbocycles. The fourth-order valence-corrected chi connectivity index (χ4v) is 1.10. The van der Waals surface area contributed by atoms with Gasteiger partial charge >= 0.3 is 6.09 Å². The van der Waals surface area contributed by atoms with Crippen LogP contribution >= 0.6 is 0 Å². The van der Waals surface area contributed by atoms with Crippen molar-refractivity contribution in [3.63, 3.8) is 0 Å². The molecule has 0 spiro atoms. The van der Waals surface area contributed by atoms with Gasteiger partial charge in [0.1, 0.15) is 6.61 Å². The molecule has 0 saturated heterocycles. The standard InChI is InChI=1S/C9H15N3O3/c1-12-7-8(6-11-12)2-3-10-9(14)15-5-4-13/h6-7,13H,2-5H2,1H3,(H,10,14). The van der Waals surface area contributed by atoms with Crippen LogP contribution in [0.25, 0.3) is 0 Å². The molecule has 0 aliphatic carbocycles. The van der Waals surface area contributed by atoms with Crippen LogP contribution in [0.4, 0.5) is 4.79 Å². The van der Waals surface area contributed by atoms with Gasteiger partial charge in [0.25, 0.3) is 0 Å². The van der Waals surface area contributed by atoms with E-state index in [0.717, 1.165) is 5.56 Å². The van der Waals surface area contributed by atoms with E-state index in [0.29, 0.717) is 13.0 Å². The van der Waals surface area contributed by atoms with E-state index in [1.165, 1.54) is 0 Å². The van der Waals surface area contributed by atoms with Crippen LogP contribution in [-0.4, -0.2) is 40.7 Å². The van der Waals surface area contributed by atoms with Crippen molar-refractivity contribution in [1.82, 2.24) is 15.1 Å². The normalized spacial score (nSPS) is 10.0. The molecule has 84 valence electrons. The summed E-state index contributed by atoms with van der Waals surface area (Å²) >= 11 is 0. The lowest BCUT2D eigenvalue weighted by atomic mass is 10.2. The van der Waals surface area contributed by atoms with E-state index in [9.17, 15) is 4.79 Å². The summed E-state index contributed by atoms with van der Waals surface area (Å²) in [5, 5.41) is 15.0. The Balaban J connectivity index is 2.13. The lowest BCUT2D eigenvalue weighted by molar-refractivity contribution is 0.119. The molecule has 0 atom stereocenters. The van der Waals surface area contributed by atoms with Crippen LogP contribution in [0, 0.1) is 0 Å². The van der Waals surface area contributed by atoms with Gasteiger partial charge in [-0.15, -0.1) is 0 Å². The maximum atomic E-state index is 10.9. The van der Waals surface area contributed by atoms with E-state index in [4.69, 9.17) is 5.11 Å². The number of carbonyl (C=O) groups excluding carboxylic acids is 1. The zero-order chi connectivity index (χ0) is 11.1. The van der Waals surface area contributed by atoms with Crippen molar-refractivity contribution in [2.75, 3.05) is 19.8 Å². The Morgan fingerprint density at radius 2 is 2.53 bits per heavy atom. The Hall–Kier alpha value is -1.56. The topological polar surface area (TPSA) is 76.4 Å². The number of rotatable bonds is 5. The maximum Gasteiger partial charge on any atom is 0.407 e. The smallest absolute Gasteiger partial charge is 0.407 e. The Bertz CT molecular complexity index is 311. The van der Waals surface area contributed by atoms with Gasteiger partial charge in [0.2, 0.25) is 0 Å². The summed E-state index contributed by atoms with van der Waals surface area (Å²) in [6.07, 6.45) is 3.84. The van der Waals surface area contributed by atoms with Gasteiger partial charge in [-0.3, -0.25) is 4.68 Å². The molecule has 1 aromatic rings. The largest absolute Gasteiger partial charge is 0.447 e. The second-order valence-electron chi connectivity index (χ2n) is 3.06. The number of hydrogen-bond donors (Lipinski definition) is 2. The second kappa shape index (κ2) is 6.02. The van der Waals surface area contributed by atoms with Gasteiger partial charge in [-0.1, -0.05) is 0 Å². The van der Waals surface area contributed by atoms with Gasteiger partial charge in [0, 0.05) is 19.8 Å². The second-order valence-corrected chi connectivity index (χ2v) is 3.06. The van der Waals surface area contributed by atoms with Crippen molar-refractivity contribution in [2.45, 2.75) is 6.42 Å². The van der Waals surface area contributed by atoms with E-state index in [1.807, 2.05) is 13.2 Å². The number of aryl methyl sites for hydroxylation is 1. The Kier molecular flexibility index (Phi) is 4.62. The zero-order valence-electron chi connectivity index (χ0n) is 8.64. The highest BCUT2D eigenvalue weighted by Gasteiger charge is 2.01. The number of aliphatic hydroxyl groups is 1. The number of nitrogens with zero attached hydrogens (tertiary/aromatic N) is 2. The van der Waals surface area contributed by atoms with Crippen LogP contribution in [0.5, 0.6) is 0 Å². The monoisotopic (exact) mass is 213 g/mol. The molecular formula is C9H15N3O3. The minimum atomic E-state index is -0.507. The van der Waals surface area contributed by atoms with Gasteiger partial charge < -0.3 is 15.2 Å². The van der Waals surface area contributed by atoms with Gasteiger partial charge in [0.05, 0.1) is 12.8 Å². The molecule has 1 rings (SSSR count). The van der Waals surface area contributed by atoms with Crippen LogP contribution in [0.15, 0.2) is 12.4 Å². The fourth-order valence-electron chi connectivity index (χ4n) is 1.10. The molecule has 0 bridgehead atoms. The Labute approximate surface area is 87.8 Å². The molecular weight excluding hydrogens is 198 g/mol. The molecule has 0 fully saturated rings. The number of nitrogens with one attached hydrogen (secondary N) is 1. The molecule has 0 unspecified atom stereocenters. The van der Waals surface area contributed by atoms with Crippen molar-refractivity contribution in [1.29, 1.82) is 0 Å². The van der Waals surface area contributed by atoms with E-state index < -0.39 is 6.09 Å². The Morgan fingerprint density at radius 3 is 3.13 bits per heavy atom. The SMILES string of the molecule is Cn1cc(CCNC(=O)OCCO)cn1. The third kappa shape index (κ3) is 4.46. The lowest BCUT2D eigenvalue weighted by Gasteiger charge is -2.04. The van der Waals surface area contributed by atoms with E-state index in [1.54, 1.807) is 10.9 Å². The van der Waals surface area contributed by atoms with Crippen molar-refractivity contribution < 1.29 is 14.6 Å². The third-order valence-electron chi connectivity index (χ3n) is 1.77. The van der Waals surface area contributed by atoms with Crippen LogP contribution < -0.4 is 5.32 Å². The minimum Gasteiger partial charge on any atom is -0.447 e. The van der Waals surface area contributed by atoms with Crippen LogP contribution in [-0.2, 0) is 18.2 Å². The van der Waals surface area contributed by atoms with E-state index in [2.05, 4.69) is 15.2 Å². The quantitative estimate of drug-likeness (QED) is 0.703. The zero-order valence-corrected chi connectivity index (χ0v) is 8.64. The summed E-state index contributed by atoms with van der Waals surface area (Å²) in [5.74, 6) is 0. The predicted molar refractivity (Wildman–Crippen MR) is 53.3 cm³/mol. The van der Waals surface area contributed by atoms with Crippen molar-refractivity contribution >= 4 is 6.09 Å². The number of amides is 1. The first-order valence-electron chi connectivity index (χ1n) is 4.71. The third-order valence-corrected chi connectivity index (χ3v) is 1.77. The van der Waals surface area contributed by atoms with Gasteiger partial charge in [-0.2, -0.15) is 5.10 Å². The molecule has 1 aromatic heterocycles. The number of hydrogen-bond acceptors (Lipinski definition) is 4. The summed E-state index contributed by atoms with van der Waals surface area (Å²) in [7, 11) is 1.84. The van der Waals surface area contributed by atoms with Crippen LogP contribution in [0.1, 0.15) is 5.56 Å². The molecule has 2 N–H and O–H groups in total. The average molecular weight is 213 g/mol. The van der Waals surface area contributed by atoms with Crippen molar-refractivity contribution in [3.05, 3.63) is 18.0 Å². The lowest BCUT2D eigenvalue weighted by Crippen LogP contribution is -2.27. The highest BCUT2D eigenvalue weighted by molar-refractivity contribution is 5.67. The molecule has 6 heteroatoms. The molecule has 0 aliphatic rings. The molecule has 15 heavy (non-hydrogen) atoms. The van der Waals surface area contributed by atoms with Gasteiger partial charge in [0.15, 0.2) is 0 Å². The minimum absolute atomic E-state index is 0.0265. The van der Waals surface area contributed by atoms with Gasteiger partial charge in [-0.25, -0.2) is 4.79 Å². The highest BCUT2D eigenvalue weighted by Crippen LogP contribution is 1.95.